The van der Waals surface area contributed by atoms with Crippen LogP contribution in [0.1, 0.15) is 43.7 Å². The van der Waals surface area contributed by atoms with Crippen LogP contribution in [0.2, 0.25) is 0 Å². The van der Waals surface area contributed by atoms with Gasteiger partial charge in [0.05, 0.1) is 14.2 Å². The molecule has 1 saturated heterocycles. The van der Waals surface area contributed by atoms with Gasteiger partial charge in [-0.05, 0) is 24.8 Å². The molecule has 25 heavy (non-hydrogen) atoms. The van der Waals surface area contributed by atoms with Gasteiger partial charge in [0.1, 0.15) is 11.5 Å². The zero-order chi connectivity index (χ0) is 16.1. The van der Waals surface area contributed by atoms with E-state index in [9.17, 15) is 0 Å². The number of hydrogen-bond acceptors (Lipinski definition) is 4. The molecular formula is C19H32Cl2N2O2. The van der Waals surface area contributed by atoms with Crippen LogP contribution in [0.3, 0.4) is 0 Å². The molecule has 0 amide bonds. The maximum atomic E-state index is 5.73. The Kier molecular flexibility index (Phi) is 9.95. The molecule has 0 radical (unpaired) electrons. The van der Waals surface area contributed by atoms with Crippen molar-refractivity contribution in [2.75, 3.05) is 40.4 Å². The fourth-order valence-electron chi connectivity index (χ4n) is 4.22. The summed E-state index contributed by atoms with van der Waals surface area (Å²) >= 11 is 0. The SMILES string of the molecule is COc1ccc([C@H](C2CCCCC2)N2CCNCC2)c(OC)c1.Cl.Cl. The third-order valence-corrected chi connectivity index (χ3v) is 5.40. The summed E-state index contributed by atoms with van der Waals surface area (Å²) in [6, 6.07) is 6.81. The van der Waals surface area contributed by atoms with Gasteiger partial charge in [-0.3, -0.25) is 4.90 Å². The molecule has 0 unspecified atom stereocenters. The van der Waals surface area contributed by atoms with Gasteiger partial charge in [0.15, 0.2) is 0 Å². The molecule has 3 rings (SSSR count). The Hall–Kier alpha value is -0.680. The Morgan fingerprint density at radius 2 is 1.68 bits per heavy atom. The lowest BCUT2D eigenvalue weighted by Gasteiger charge is -2.41. The van der Waals surface area contributed by atoms with Crippen LogP contribution in [-0.2, 0) is 0 Å². The number of halogens is 2. The molecule has 1 heterocycles. The van der Waals surface area contributed by atoms with Crippen molar-refractivity contribution in [2.45, 2.75) is 38.1 Å². The summed E-state index contributed by atoms with van der Waals surface area (Å²) in [4.78, 5) is 2.66. The molecule has 2 fully saturated rings. The van der Waals surface area contributed by atoms with E-state index in [4.69, 9.17) is 9.47 Å². The minimum atomic E-state index is 0. The number of piperazine rings is 1. The van der Waals surface area contributed by atoms with Crippen molar-refractivity contribution in [3.05, 3.63) is 23.8 Å². The first-order chi connectivity index (χ1) is 11.3. The number of nitrogens with zero attached hydrogens (tertiary/aromatic N) is 1. The predicted octanol–water partition coefficient (Wildman–Crippen LogP) is 4.07. The molecule has 1 aromatic carbocycles. The monoisotopic (exact) mass is 390 g/mol. The Morgan fingerprint density at radius 3 is 2.28 bits per heavy atom. The number of benzene rings is 1. The molecule has 1 atom stereocenters. The Balaban J connectivity index is 0.00000156. The van der Waals surface area contributed by atoms with Crippen LogP contribution in [0.25, 0.3) is 0 Å². The first kappa shape index (κ1) is 22.4. The highest BCUT2D eigenvalue weighted by Crippen LogP contribution is 2.42. The lowest BCUT2D eigenvalue weighted by molar-refractivity contribution is 0.101. The zero-order valence-corrected chi connectivity index (χ0v) is 17.0. The third kappa shape index (κ3) is 5.40. The van der Waals surface area contributed by atoms with Gasteiger partial charge in [-0.1, -0.05) is 25.3 Å². The highest BCUT2D eigenvalue weighted by molar-refractivity contribution is 5.85. The van der Waals surface area contributed by atoms with Crippen molar-refractivity contribution in [3.8, 4) is 11.5 Å². The summed E-state index contributed by atoms with van der Waals surface area (Å²) in [7, 11) is 3.48. The average molecular weight is 391 g/mol. The summed E-state index contributed by atoms with van der Waals surface area (Å²) in [6.07, 6.45) is 6.80. The Labute approximate surface area is 164 Å². The highest BCUT2D eigenvalue weighted by Gasteiger charge is 2.32. The van der Waals surface area contributed by atoms with Gasteiger partial charge < -0.3 is 14.8 Å². The first-order valence-electron chi connectivity index (χ1n) is 9.00. The molecule has 1 aliphatic carbocycles. The van der Waals surface area contributed by atoms with E-state index in [0.717, 1.165) is 43.6 Å². The Morgan fingerprint density at radius 1 is 1.00 bits per heavy atom. The van der Waals surface area contributed by atoms with Crippen molar-refractivity contribution >= 4 is 24.8 Å². The minimum Gasteiger partial charge on any atom is -0.497 e. The molecule has 0 bridgehead atoms. The quantitative estimate of drug-likeness (QED) is 0.820. The van der Waals surface area contributed by atoms with Crippen molar-refractivity contribution in [1.29, 1.82) is 0 Å². The van der Waals surface area contributed by atoms with Gasteiger partial charge in [-0.15, -0.1) is 24.8 Å². The number of ether oxygens (including phenoxy) is 2. The average Bonchev–Trinajstić information content (AvgIpc) is 2.64. The summed E-state index contributed by atoms with van der Waals surface area (Å²) < 4.78 is 11.1. The van der Waals surface area contributed by atoms with Gasteiger partial charge in [0.2, 0.25) is 0 Å². The number of nitrogens with one attached hydrogen (secondary N) is 1. The molecular weight excluding hydrogens is 359 g/mol. The fraction of sp³-hybridized carbons (Fsp3) is 0.684. The van der Waals surface area contributed by atoms with Crippen LogP contribution in [0.4, 0.5) is 0 Å². The number of hydrogen-bond donors (Lipinski definition) is 1. The molecule has 4 nitrogen and oxygen atoms in total. The second-order valence-electron chi connectivity index (χ2n) is 6.74. The molecule has 0 aromatic heterocycles. The summed E-state index contributed by atoms with van der Waals surface area (Å²) in [5.74, 6) is 2.58. The maximum absolute atomic E-state index is 5.73. The van der Waals surface area contributed by atoms with E-state index >= 15 is 0 Å². The molecule has 144 valence electrons. The highest BCUT2D eigenvalue weighted by atomic mass is 35.5. The van der Waals surface area contributed by atoms with Gasteiger partial charge in [0, 0.05) is 43.9 Å². The first-order valence-corrected chi connectivity index (χ1v) is 9.00. The fourth-order valence-corrected chi connectivity index (χ4v) is 4.22. The molecule has 2 aliphatic rings. The number of methoxy groups -OCH3 is 2. The van der Waals surface area contributed by atoms with Crippen LogP contribution < -0.4 is 14.8 Å². The largest absolute Gasteiger partial charge is 0.497 e. The van der Waals surface area contributed by atoms with E-state index in [1.807, 2.05) is 6.07 Å². The van der Waals surface area contributed by atoms with E-state index < -0.39 is 0 Å². The topological polar surface area (TPSA) is 33.7 Å². The van der Waals surface area contributed by atoms with Gasteiger partial charge in [-0.25, -0.2) is 0 Å². The van der Waals surface area contributed by atoms with Gasteiger partial charge >= 0.3 is 0 Å². The van der Waals surface area contributed by atoms with Gasteiger partial charge in [-0.2, -0.15) is 0 Å². The number of rotatable bonds is 5. The third-order valence-electron chi connectivity index (χ3n) is 5.40. The minimum absolute atomic E-state index is 0. The van der Waals surface area contributed by atoms with E-state index in [2.05, 4.69) is 22.3 Å². The second kappa shape index (κ2) is 11.1. The van der Waals surface area contributed by atoms with Crippen LogP contribution >= 0.6 is 24.8 Å². The predicted molar refractivity (Wildman–Crippen MR) is 108 cm³/mol. The Bertz CT molecular complexity index is 486. The molecule has 1 aliphatic heterocycles. The van der Waals surface area contributed by atoms with Gasteiger partial charge in [0.25, 0.3) is 0 Å². The van der Waals surface area contributed by atoms with Crippen molar-refractivity contribution in [1.82, 2.24) is 10.2 Å². The van der Waals surface area contributed by atoms with E-state index in [1.165, 1.54) is 37.7 Å². The van der Waals surface area contributed by atoms with E-state index in [0.29, 0.717) is 6.04 Å². The lowest BCUT2D eigenvalue weighted by Crippen LogP contribution is -2.47. The van der Waals surface area contributed by atoms with E-state index in [1.54, 1.807) is 14.2 Å². The lowest BCUT2D eigenvalue weighted by atomic mass is 9.80. The summed E-state index contributed by atoms with van der Waals surface area (Å²) in [5, 5.41) is 3.48. The van der Waals surface area contributed by atoms with Crippen LogP contribution in [-0.4, -0.2) is 45.3 Å². The normalized spacial score (nSPS) is 20.1. The molecule has 6 heteroatoms. The standard InChI is InChI=1S/C19H30N2O2.2ClH/c1-22-16-8-9-17(18(14-16)23-2)19(15-6-4-3-5-7-15)21-12-10-20-11-13-21;;/h8-9,14-15,19-20H,3-7,10-13H2,1-2H3;2*1H/t19-;;/m0../s1. The summed E-state index contributed by atoms with van der Waals surface area (Å²) in [5.41, 5.74) is 1.34. The molecule has 1 saturated carbocycles. The maximum Gasteiger partial charge on any atom is 0.127 e. The van der Waals surface area contributed by atoms with E-state index in [-0.39, 0.29) is 24.8 Å². The summed E-state index contributed by atoms with van der Waals surface area (Å²) in [6.45, 7) is 4.41. The molecule has 0 spiro atoms. The zero-order valence-electron chi connectivity index (χ0n) is 15.3. The molecule has 1 N–H and O–H groups in total. The molecule has 1 aromatic rings. The van der Waals surface area contributed by atoms with Crippen LogP contribution in [0.15, 0.2) is 18.2 Å². The smallest absolute Gasteiger partial charge is 0.127 e. The van der Waals surface area contributed by atoms with Crippen molar-refractivity contribution < 1.29 is 9.47 Å². The van der Waals surface area contributed by atoms with Crippen LogP contribution in [0.5, 0.6) is 11.5 Å². The van der Waals surface area contributed by atoms with Crippen LogP contribution in [0, 0.1) is 5.92 Å². The van der Waals surface area contributed by atoms with Crippen molar-refractivity contribution in [3.63, 3.8) is 0 Å². The van der Waals surface area contributed by atoms with Crippen molar-refractivity contribution in [2.24, 2.45) is 5.92 Å². The second-order valence-corrected chi connectivity index (χ2v) is 6.74.